The van der Waals surface area contributed by atoms with Crippen LogP contribution in [0.1, 0.15) is 66.3 Å². The van der Waals surface area contributed by atoms with Gasteiger partial charge in [0.2, 0.25) is 0 Å². The maximum Gasteiger partial charge on any atom is 0.387 e. The molecule has 2 atom stereocenters. The van der Waals surface area contributed by atoms with E-state index in [4.69, 9.17) is 14.0 Å². The van der Waals surface area contributed by atoms with Crippen molar-refractivity contribution in [1.82, 2.24) is 10.1 Å². The molecule has 8 nitrogen and oxygen atoms in total. The van der Waals surface area contributed by atoms with Gasteiger partial charge >= 0.3 is 12.6 Å². The normalized spacial score (nSPS) is 23.0. The van der Waals surface area contributed by atoms with Gasteiger partial charge < -0.3 is 24.0 Å². The summed E-state index contributed by atoms with van der Waals surface area (Å²) in [6.07, 6.45) is 5.57. The fraction of sp³-hybridized carbons (Fsp3) is 0.444. The highest BCUT2D eigenvalue weighted by molar-refractivity contribution is 5.85. The second-order valence-corrected chi connectivity index (χ2v) is 9.91. The molecule has 1 aliphatic carbocycles. The van der Waals surface area contributed by atoms with E-state index in [-0.39, 0.29) is 42.2 Å². The smallest absolute Gasteiger partial charge is 0.387 e. The fourth-order valence-electron chi connectivity index (χ4n) is 5.73. The van der Waals surface area contributed by atoms with E-state index in [2.05, 4.69) is 15.0 Å². The number of alkyl halides is 2. The van der Waals surface area contributed by atoms with Gasteiger partial charge in [-0.3, -0.25) is 0 Å². The van der Waals surface area contributed by atoms with E-state index < -0.39 is 12.6 Å². The van der Waals surface area contributed by atoms with E-state index in [1.54, 1.807) is 24.3 Å². The molecule has 2 aliphatic heterocycles. The highest BCUT2D eigenvalue weighted by Gasteiger charge is 2.42. The number of carbonyl (C=O) groups is 1. The standard InChI is InChI=1S/C27H27F2N3O5/c28-27(29)36-22-6-2-1-4-19(22)24-20(25(37-31-24)15-8-9-15)14-35-18-12-16-10-11-17(13-18)32(16)23-7-3-5-21(30-23)26(33)34/h1-7,15-18,27H,8-14H2,(H,33,34). The number of halogens is 2. The number of piperidine rings is 1. The Kier molecular flexibility index (Phi) is 6.27. The lowest BCUT2D eigenvalue weighted by Crippen LogP contribution is -2.46. The largest absolute Gasteiger partial charge is 0.477 e. The number of carboxylic acids is 1. The summed E-state index contributed by atoms with van der Waals surface area (Å²) in [4.78, 5) is 18.0. The number of anilines is 1. The number of hydrogen-bond donors (Lipinski definition) is 1. The van der Waals surface area contributed by atoms with Crippen LogP contribution in [0, 0.1) is 0 Å². The molecular weight excluding hydrogens is 484 g/mol. The average molecular weight is 512 g/mol. The van der Waals surface area contributed by atoms with Gasteiger partial charge in [0.1, 0.15) is 23.0 Å². The van der Waals surface area contributed by atoms with Crippen molar-refractivity contribution in [3.05, 3.63) is 59.5 Å². The van der Waals surface area contributed by atoms with Crippen LogP contribution >= 0.6 is 0 Å². The first-order chi connectivity index (χ1) is 18.0. The summed E-state index contributed by atoms with van der Waals surface area (Å²) >= 11 is 0. The number of benzene rings is 1. The Hall–Kier alpha value is -3.53. The number of pyridine rings is 1. The highest BCUT2D eigenvalue weighted by Crippen LogP contribution is 2.46. The van der Waals surface area contributed by atoms with Crippen LogP contribution in [0.2, 0.25) is 0 Å². The van der Waals surface area contributed by atoms with Crippen molar-refractivity contribution in [2.24, 2.45) is 0 Å². The topological polar surface area (TPSA) is 97.9 Å². The van der Waals surface area contributed by atoms with Crippen LogP contribution in [0.3, 0.4) is 0 Å². The van der Waals surface area contributed by atoms with E-state index in [0.29, 0.717) is 17.1 Å². The second-order valence-electron chi connectivity index (χ2n) is 9.91. The van der Waals surface area contributed by atoms with Crippen LogP contribution in [0.4, 0.5) is 14.6 Å². The minimum Gasteiger partial charge on any atom is -0.477 e. The van der Waals surface area contributed by atoms with Gasteiger partial charge in [-0.1, -0.05) is 23.4 Å². The van der Waals surface area contributed by atoms with Crippen LogP contribution in [0.25, 0.3) is 11.3 Å². The molecule has 0 amide bonds. The van der Waals surface area contributed by atoms with E-state index in [1.165, 1.54) is 12.1 Å². The molecule has 6 rings (SSSR count). The lowest BCUT2D eigenvalue weighted by Gasteiger charge is -2.39. The first-order valence-corrected chi connectivity index (χ1v) is 12.6. The molecular formula is C27H27F2N3O5. The maximum atomic E-state index is 13.0. The van der Waals surface area contributed by atoms with Crippen molar-refractivity contribution in [3.8, 4) is 17.0 Å². The SMILES string of the molecule is O=C(O)c1cccc(N2C3CCC2CC(OCc2c(-c4ccccc4OC(F)F)noc2C2CC2)C3)n1. The van der Waals surface area contributed by atoms with E-state index >= 15 is 0 Å². The Morgan fingerprint density at radius 2 is 1.84 bits per heavy atom. The Morgan fingerprint density at radius 1 is 1.08 bits per heavy atom. The average Bonchev–Trinajstić information content (AvgIpc) is 3.59. The molecule has 1 saturated carbocycles. The maximum absolute atomic E-state index is 13.0. The van der Waals surface area contributed by atoms with Crippen molar-refractivity contribution >= 4 is 11.8 Å². The van der Waals surface area contributed by atoms with Crippen molar-refractivity contribution < 1.29 is 32.7 Å². The molecule has 194 valence electrons. The minimum atomic E-state index is -2.94. The molecule has 10 heteroatoms. The highest BCUT2D eigenvalue weighted by atomic mass is 19.3. The first kappa shape index (κ1) is 23.8. The van der Waals surface area contributed by atoms with Crippen molar-refractivity contribution in [2.75, 3.05) is 4.90 Å². The van der Waals surface area contributed by atoms with Gasteiger partial charge in [-0.25, -0.2) is 9.78 Å². The molecule has 2 unspecified atom stereocenters. The summed E-state index contributed by atoms with van der Waals surface area (Å²) in [5.41, 5.74) is 1.77. The number of aromatic carboxylic acids is 1. The van der Waals surface area contributed by atoms with E-state index in [1.807, 2.05) is 6.07 Å². The Bertz CT molecular complexity index is 1280. The van der Waals surface area contributed by atoms with Gasteiger partial charge in [0.05, 0.1) is 12.7 Å². The van der Waals surface area contributed by atoms with Crippen LogP contribution in [0.15, 0.2) is 47.0 Å². The molecule has 0 radical (unpaired) electrons. The zero-order valence-electron chi connectivity index (χ0n) is 20.1. The van der Waals surface area contributed by atoms with Gasteiger partial charge in [0.25, 0.3) is 0 Å². The number of carboxylic acid groups (broad SMARTS) is 1. The second kappa shape index (κ2) is 9.74. The summed E-state index contributed by atoms with van der Waals surface area (Å²) in [6.45, 7) is -2.67. The van der Waals surface area contributed by atoms with E-state index in [9.17, 15) is 18.7 Å². The van der Waals surface area contributed by atoms with Gasteiger partial charge in [-0.05, 0) is 62.8 Å². The summed E-state index contributed by atoms with van der Waals surface area (Å²) in [5, 5.41) is 13.6. The fourth-order valence-corrected chi connectivity index (χ4v) is 5.73. The molecule has 37 heavy (non-hydrogen) atoms. The Labute approximate surface area is 212 Å². The number of hydrogen-bond acceptors (Lipinski definition) is 7. The summed E-state index contributed by atoms with van der Waals surface area (Å²) in [6, 6.07) is 12.1. The first-order valence-electron chi connectivity index (χ1n) is 12.6. The van der Waals surface area contributed by atoms with Crippen molar-refractivity contribution in [3.63, 3.8) is 0 Å². The molecule has 0 spiro atoms. The number of aromatic nitrogens is 2. The number of fused-ring (bicyclic) bond motifs is 2. The number of ether oxygens (including phenoxy) is 2. The molecule has 3 aromatic rings. The number of nitrogens with zero attached hydrogens (tertiary/aromatic N) is 3. The van der Waals surface area contributed by atoms with Gasteiger partial charge in [0, 0.05) is 29.1 Å². The van der Waals surface area contributed by atoms with Gasteiger partial charge in [-0.15, -0.1) is 0 Å². The predicted molar refractivity (Wildman–Crippen MR) is 129 cm³/mol. The third-order valence-corrected chi connectivity index (χ3v) is 7.50. The molecule has 2 aromatic heterocycles. The minimum absolute atomic E-state index is 0.00114. The van der Waals surface area contributed by atoms with Crippen LogP contribution in [-0.2, 0) is 11.3 Å². The van der Waals surface area contributed by atoms with Crippen molar-refractivity contribution in [1.29, 1.82) is 0 Å². The Morgan fingerprint density at radius 3 is 2.54 bits per heavy atom. The third-order valence-electron chi connectivity index (χ3n) is 7.50. The molecule has 4 heterocycles. The summed E-state index contributed by atoms with van der Waals surface area (Å²) < 4.78 is 42.9. The van der Waals surface area contributed by atoms with Crippen LogP contribution < -0.4 is 9.64 Å². The number of rotatable bonds is 9. The van der Waals surface area contributed by atoms with Gasteiger partial charge in [-0.2, -0.15) is 8.78 Å². The molecule has 1 N–H and O–H groups in total. The monoisotopic (exact) mass is 511 g/mol. The predicted octanol–water partition coefficient (Wildman–Crippen LogP) is 5.63. The molecule has 2 saturated heterocycles. The molecule has 3 aliphatic rings. The summed E-state index contributed by atoms with van der Waals surface area (Å²) in [5.74, 6) is 0.741. The van der Waals surface area contributed by atoms with Gasteiger partial charge in [0.15, 0.2) is 5.69 Å². The molecule has 3 fully saturated rings. The van der Waals surface area contributed by atoms with Crippen LogP contribution in [0.5, 0.6) is 5.75 Å². The van der Waals surface area contributed by atoms with E-state index in [0.717, 1.165) is 49.8 Å². The number of para-hydroxylation sites is 1. The molecule has 2 bridgehead atoms. The lowest BCUT2D eigenvalue weighted by molar-refractivity contribution is -0.0494. The zero-order valence-corrected chi connectivity index (χ0v) is 20.1. The zero-order chi connectivity index (χ0) is 25.5. The molecule has 1 aromatic carbocycles. The summed E-state index contributed by atoms with van der Waals surface area (Å²) in [7, 11) is 0. The quantitative estimate of drug-likeness (QED) is 0.395. The third kappa shape index (κ3) is 4.77. The van der Waals surface area contributed by atoms with Crippen molar-refractivity contribution in [2.45, 2.75) is 75.8 Å². The Balaban J connectivity index is 1.20. The lowest BCUT2D eigenvalue weighted by atomic mass is 9.99. The van der Waals surface area contributed by atoms with Crippen LogP contribution in [-0.4, -0.2) is 46.0 Å².